The standard InChI is InChI=1S/C18H12ClN7OS.C2HF3O2/c1-9-5-21-17(27-9)11-4-10(6-20-7-11)16-24-18(28-26-16)23-14-3-2-13-12(15(14)19)8-22-25-13;3-2(4,5)1(6)7/h2-8H,1H3,(H,22,25)(H,23,24,26);(H,6,7). The monoisotopic (exact) mass is 523 g/mol. The average molecular weight is 524 g/mol. The minimum absolute atomic E-state index is 0.514. The molecule has 0 aliphatic rings. The predicted molar refractivity (Wildman–Crippen MR) is 121 cm³/mol. The van der Waals surface area contributed by atoms with Crippen LogP contribution in [-0.4, -0.2) is 46.8 Å². The number of pyridine rings is 1. The Labute approximate surface area is 203 Å². The molecule has 4 aromatic heterocycles. The predicted octanol–water partition coefficient (Wildman–Crippen LogP) is 5.47. The fourth-order valence-corrected chi connectivity index (χ4v) is 3.62. The number of aryl methyl sites for hydroxylation is 1. The normalized spacial score (nSPS) is 11.2. The molecule has 15 heteroatoms. The number of benzene rings is 1. The van der Waals surface area contributed by atoms with E-state index in [4.69, 9.17) is 25.9 Å². The van der Waals surface area contributed by atoms with Crippen molar-refractivity contribution in [2.45, 2.75) is 13.1 Å². The van der Waals surface area contributed by atoms with Crippen LogP contribution < -0.4 is 5.32 Å². The van der Waals surface area contributed by atoms with Crippen LogP contribution in [0, 0.1) is 6.92 Å². The maximum Gasteiger partial charge on any atom is 0.490 e. The van der Waals surface area contributed by atoms with Gasteiger partial charge in [0.1, 0.15) is 5.76 Å². The number of rotatable bonds is 4. The topological polar surface area (TPSA) is 143 Å². The van der Waals surface area contributed by atoms with Crippen molar-refractivity contribution in [3.05, 3.63) is 53.8 Å². The molecule has 0 radical (unpaired) electrons. The summed E-state index contributed by atoms with van der Waals surface area (Å²) >= 11 is 7.69. The summed E-state index contributed by atoms with van der Waals surface area (Å²) in [5.74, 6) is -0.941. The second-order valence-corrected chi connectivity index (χ2v) is 7.98. The summed E-state index contributed by atoms with van der Waals surface area (Å²) in [5, 5.41) is 19.3. The molecular formula is C20H13ClF3N7O3S. The van der Waals surface area contributed by atoms with Crippen molar-refractivity contribution in [3.63, 3.8) is 0 Å². The van der Waals surface area contributed by atoms with Crippen molar-refractivity contribution in [3.8, 4) is 22.8 Å². The van der Waals surface area contributed by atoms with E-state index in [1.165, 1.54) is 11.5 Å². The lowest BCUT2D eigenvalue weighted by Crippen LogP contribution is -2.21. The van der Waals surface area contributed by atoms with Crippen LogP contribution >= 0.6 is 23.1 Å². The molecule has 3 N–H and O–H groups in total. The van der Waals surface area contributed by atoms with E-state index in [1.807, 2.05) is 25.1 Å². The molecule has 0 spiro atoms. The summed E-state index contributed by atoms with van der Waals surface area (Å²) in [6.07, 6.45) is 1.68. The van der Waals surface area contributed by atoms with Crippen LogP contribution in [0.25, 0.3) is 33.7 Å². The smallest absolute Gasteiger partial charge is 0.475 e. The number of carboxylic acid groups (broad SMARTS) is 1. The lowest BCUT2D eigenvalue weighted by Gasteiger charge is -2.05. The van der Waals surface area contributed by atoms with Crippen molar-refractivity contribution in [1.29, 1.82) is 0 Å². The highest BCUT2D eigenvalue weighted by molar-refractivity contribution is 7.10. The van der Waals surface area contributed by atoms with E-state index in [0.717, 1.165) is 33.5 Å². The molecule has 0 unspecified atom stereocenters. The number of hydrogen-bond donors (Lipinski definition) is 3. The van der Waals surface area contributed by atoms with Gasteiger partial charge in [-0.1, -0.05) is 11.6 Å². The zero-order chi connectivity index (χ0) is 25.2. The molecule has 0 saturated heterocycles. The zero-order valence-corrected chi connectivity index (χ0v) is 19.0. The van der Waals surface area contributed by atoms with Gasteiger partial charge in [-0.05, 0) is 25.1 Å². The van der Waals surface area contributed by atoms with Gasteiger partial charge >= 0.3 is 12.1 Å². The first-order valence-corrected chi connectivity index (χ1v) is 10.7. The summed E-state index contributed by atoms with van der Waals surface area (Å²) in [6, 6.07) is 5.68. The van der Waals surface area contributed by atoms with Crippen LogP contribution in [0.5, 0.6) is 0 Å². The first-order chi connectivity index (χ1) is 16.6. The number of carboxylic acids is 1. The first kappa shape index (κ1) is 24.1. The summed E-state index contributed by atoms with van der Waals surface area (Å²) in [7, 11) is 0. The van der Waals surface area contributed by atoms with Crippen LogP contribution in [0.15, 0.2) is 47.4 Å². The van der Waals surface area contributed by atoms with Gasteiger partial charge in [0.25, 0.3) is 0 Å². The molecule has 5 aromatic rings. The van der Waals surface area contributed by atoms with Gasteiger partial charge in [-0.2, -0.15) is 27.6 Å². The van der Waals surface area contributed by atoms with Crippen molar-refractivity contribution in [2.24, 2.45) is 0 Å². The number of carbonyl (C=O) groups is 1. The zero-order valence-electron chi connectivity index (χ0n) is 17.5. The Kier molecular flexibility index (Phi) is 6.66. The highest BCUT2D eigenvalue weighted by Gasteiger charge is 2.38. The third kappa shape index (κ3) is 5.55. The quantitative estimate of drug-likeness (QED) is 0.279. The van der Waals surface area contributed by atoms with E-state index in [-0.39, 0.29) is 0 Å². The number of oxazole rings is 1. The van der Waals surface area contributed by atoms with Gasteiger partial charge in [0.05, 0.1) is 34.2 Å². The number of aliphatic carboxylic acids is 1. The van der Waals surface area contributed by atoms with E-state index in [2.05, 4.69) is 34.8 Å². The second kappa shape index (κ2) is 9.68. The number of halogens is 4. The van der Waals surface area contributed by atoms with Crippen LogP contribution in [0.1, 0.15) is 5.76 Å². The van der Waals surface area contributed by atoms with Crippen LogP contribution in [0.2, 0.25) is 5.02 Å². The number of H-pyrrole nitrogens is 1. The van der Waals surface area contributed by atoms with E-state index >= 15 is 0 Å². The Balaban J connectivity index is 0.000000364. The molecule has 180 valence electrons. The van der Waals surface area contributed by atoms with Crippen LogP contribution in [0.3, 0.4) is 0 Å². The number of nitrogens with one attached hydrogen (secondary N) is 2. The van der Waals surface area contributed by atoms with Gasteiger partial charge in [-0.15, -0.1) is 0 Å². The van der Waals surface area contributed by atoms with Crippen molar-refractivity contribution < 1.29 is 27.5 Å². The molecule has 4 heterocycles. The lowest BCUT2D eigenvalue weighted by atomic mass is 10.2. The van der Waals surface area contributed by atoms with Crippen LogP contribution in [-0.2, 0) is 4.79 Å². The molecule has 10 nitrogen and oxygen atoms in total. The number of alkyl halides is 3. The van der Waals surface area contributed by atoms with E-state index < -0.39 is 12.1 Å². The third-order valence-electron chi connectivity index (χ3n) is 4.33. The third-order valence-corrected chi connectivity index (χ3v) is 5.37. The fraction of sp³-hybridized carbons (Fsp3) is 0.100. The van der Waals surface area contributed by atoms with Crippen molar-refractivity contribution in [1.82, 2.24) is 29.5 Å². The largest absolute Gasteiger partial charge is 0.490 e. The van der Waals surface area contributed by atoms with Gasteiger partial charge < -0.3 is 14.8 Å². The van der Waals surface area contributed by atoms with Crippen molar-refractivity contribution in [2.75, 3.05) is 5.32 Å². The second-order valence-electron chi connectivity index (χ2n) is 6.85. The Morgan fingerprint density at radius 2 is 1.94 bits per heavy atom. The first-order valence-electron chi connectivity index (χ1n) is 9.52. The van der Waals surface area contributed by atoms with E-state index in [9.17, 15) is 13.2 Å². The van der Waals surface area contributed by atoms with Crippen molar-refractivity contribution >= 4 is 50.8 Å². The number of nitrogens with zero attached hydrogens (tertiary/aromatic N) is 5. The molecular weight excluding hydrogens is 511 g/mol. The highest BCUT2D eigenvalue weighted by atomic mass is 35.5. The molecule has 5 rings (SSSR count). The molecule has 0 fully saturated rings. The molecule has 0 bridgehead atoms. The molecule has 35 heavy (non-hydrogen) atoms. The molecule has 0 aliphatic carbocycles. The number of hydrogen-bond acceptors (Lipinski definition) is 9. The maximum absolute atomic E-state index is 10.6. The molecule has 1 aromatic carbocycles. The SMILES string of the molecule is Cc1cnc(-c2cncc(-c3nsc(Nc4ccc5[nH]ncc5c4Cl)n3)c2)o1.O=C(O)C(F)(F)F. The lowest BCUT2D eigenvalue weighted by molar-refractivity contribution is -0.192. The minimum atomic E-state index is -5.08. The minimum Gasteiger partial charge on any atom is -0.475 e. The van der Waals surface area contributed by atoms with Gasteiger partial charge in [0.15, 0.2) is 5.82 Å². The van der Waals surface area contributed by atoms with Gasteiger partial charge in [-0.25, -0.2) is 9.78 Å². The van der Waals surface area contributed by atoms with Gasteiger partial charge in [0.2, 0.25) is 11.0 Å². The summed E-state index contributed by atoms with van der Waals surface area (Å²) in [6.45, 7) is 1.85. The fourth-order valence-electron chi connectivity index (χ4n) is 2.75. The molecule has 0 atom stereocenters. The summed E-state index contributed by atoms with van der Waals surface area (Å²) in [4.78, 5) is 21.9. The summed E-state index contributed by atoms with van der Waals surface area (Å²) in [5.41, 5.74) is 3.15. The number of fused-ring (bicyclic) bond motifs is 1. The number of aromatic nitrogens is 6. The van der Waals surface area contributed by atoms with E-state index in [1.54, 1.807) is 24.8 Å². The molecule has 0 amide bonds. The highest BCUT2D eigenvalue weighted by Crippen LogP contribution is 2.33. The average Bonchev–Trinajstić information content (AvgIpc) is 3.57. The summed E-state index contributed by atoms with van der Waals surface area (Å²) < 4.78 is 41.7. The number of anilines is 2. The van der Waals surface area contributed by atoms with Gasteiger partial charge in [-0.3, -0.25) is 10.1 Å². The Bertz CT molecular complexity index is 1500. The maximum atomic E-state index is 10.6. The molecule has 0 aliphatic heterocycles. The van der Waals surface area contributed by atoms with Crippen LogP contribution in [0.4, 0.5) is 24.0 Å². The Morgan fingerprint density at radius 1 is 1.20 bits per heavy atom. The van der Waals surface area contributed by atoms with Gasteiger partial charge in [0, 0.05) is 34.9 Å². The Morgan fingerprint density at radius 3 is 2.63 bits per heavy atom. The number of aromatic amines is 1. The van der Waals surface area contributed by atoms with E-state index in [0.29, 0.717) is 21.9 Å². The molecule has 0 saturated carbocycles. The Hall–Kier alpha value is -4.04.